The molecule has 2 nitrogen and oxygen atoms in total. The summed E-state index contributed by atoms with van der Waals surface area (Å²) >= 11 is 0. The van der Waals surface area contributed by atoms with Gasteiger partial charge in [-0.05, 0) is 62.7 Å². The summed E-state index contributed by atoms with van der Waals surface area (Å²) in [6, 6.07) is 0.498. The van der Waals surface area contributed by atoms with Crippen LogP contribution in [0.3, 0.4) is 0 Å². The highest BCUT2D eigenvalue weighted by molar-refractivity contribution is 5.16. The van der Waals surface area contributed by atoms with Crippen molar-refractivity contribution in [2.45, 2.75) is 51.0 Å². The molecule has 3 N–H and O–H groups in total. The van der Waals surface area contributed by atoms with E-state index in [-0.39, 0.29) is 0 Å². The van der Waals surface area contributed by atoms with Gasteiger partial charge >= 0.3 is 0 Å². The molecule has 0 saturated heterocycles. The Morgan fingerprint density at radius 3 is 2.60 bits per heavy atom. The molecule has 0 radical (unpaired) electrons. The Labute approximate surface area is 92.3 Å². The van der Waals surface area contributed by atoms with Crippen LogP contribution in [-0.2, 0) is 0 Å². The van der Waals surface area contributed by atoms with Crippen molar-refractivity contribution in [3.05, 3.63) is 11.6 Å². The fraction of sp³-hybridized carbons (Fsp3) is 0.846. The van der Waals surface area contributed by atoms with Crippen molar-refractivity contribution in [3.63, 3.8) is 0 Å². The Hall–Kier alpha value is -0.340. The lowest BCUT2D eigenvalue weighted by Gasteiger charge is -2.28. The van der Waals surface area contributed by atoms with E-state index in [0.29, 0.717) is 6.04 Å². The molecule has 3 unspecified atom stereocenters. The zero-order valence-corrected chi connectivity index (χ0v) is 9.41. The van der Waals surface area contributed by atoms with Crippen LogP contribution in [0.5, 0.6) is 0 Å². The molecule has 0 amide bonds. The fourth-order valence-electron chi connectivity index (χ4n) is 3.73. The second kappa shape index (κ2) is 3.91. The van der Waals surface area contributed by atoms with E-state index in [1.165, 1.54) is 44.9 Å². The molecule has 0 aromatic rings. The van der Waals surface area contributed by atoms with Crippen molar-refractivity contribution in [2.24, 2.45) is 23.6 Å². The quantitative estimate of drug-likeness (QED) is 0.422. The Bertz CT molecular complexity index is 262. The van der Waals surface area contributed by atoms with Gasteiger partial charge in [-0.25, -0.2) is 0 Å². The average Bonchev–Trinajstić information content (AvgIpc) is 2.89. The zero-order valence-electron chi connectivity index (χ0n) is 9.41. The summed E-state index contributed by atoms with van der Waals surface area (Å²) in [7, 11) is 0. The third-order valence-corrected chi connectivity index (χ3v) is 4.66. The Kier molecular flexibility index (Phi) is 2.57. The maximum Gasteiger partial charge on any atom is 0.0448 e. The predicted molar refractivity (Wildman–Crippen MR) is 62.0 cm³/mol. The molecule has 0 aliphatic heterocycles. The fourth-order valence-corrected chi connectivity index (χ4v) is 3.73. The van der Waals surface area contributed by atoms with E-state index in [1.807, 2.05) is 0 Å². The number of rotatable bonds is 3. The first-order valence-electron chi connectivity index (χ1n) is 6.53. The Morgan fingerprint density at radius 1 is 1.20 bits per heavy atom. The van der Waals surface area contributed by atoms with Crippen LogP contribution in [-0.4, -0.2) is 6.04 Å². The lowest BCUT2D eigenvalue weighted by atomic mass is 9.84. The van der Waals surface area contributed by atoms with Crippen molar-refractivity contribution in [3.8, 4) is 0 Å². The molecule has 2 saturated carbocycles. The highest BCUT2D eigenvalue weighted by Gasteiger charge is 2.48. The number of hydrogen-bond acceptors (Lipinski definition) is 2. The van der Waals surface area contributed by atoms with E-state index in [0.717, 1.165) is 17.8 Å². The summed E-state index contributed by atoms with van der Waals surface area (Å²) in [5.41, 5.74) is 4.69. The van der Waals surface area contributed by atoms with Crippen LogP contribution < -0.4 is 11.3 Å². The van der Waals surface area contributed by atoms with Crippen LogP contribution in [0.2, 0.25) is 0 Å². The van der Waals surface area contributed by atoms with Gasteiger partial charge in [0.25, 0.3) is 0 Å². The number of fused-ring (bicyclic) bond motifs is 1. The zero-order chi connectivity index (χ0) is 10.3. The Morgan fingerprint density at radius 2 is 2.00 bits per heavy atom. The maximum atomic E-state index is 5.75. The third kappa shape index (κ3) is 1.85. The Balaban J connectivity index is 1.67. The molecule has 0 spiro atoms. The molecule has 3 aliphatic carbocycles. The van der Waals surface area contributed by atoms with Gasteiger partial charge in [-0.15, -0.1) is 0 Å². The summed E-state index contributed by atoms with van der Waals surface area (Å²) in [5.74, 6) is 8.72. The topological polar surface area (TPSA) is 38.0 Å². The van der Waals surface area contributed by atoms with Gasteiger partial charge in [0, 0.05) is 6.04 Å². The van der Waals surface area contributed by atoms with Crippen molar-refractivity contribution in [2.75, 3.05) is 0 Å². The van der Waals surface area contributed by atoms with E-state index in [1.54, 1.807) is 5.57 Å². The molecule has 3 atom stereocenters. The highest BCUT2D eigenvalue weighted by atomic mass is 15.2. The molecule has 2 fully saturated rings. The van der Waals surface area contributed by atoms with Gasteiger partial charge in [-0.2, -0.15) is 0 Å². The highest BCUT2D eigenvalue weighted by Crippen LogP contribution is 2.55. The first kappa shape index (κ1) is 9.86. The molecular formula is C13H22N2. The van der Waals surface area contributed by atoms with Crippen molar-refractivity contribution in [1.29, 1.82) is 0 Å². The second-order valence-electron chi connectivity index (χ2n) is 5.66. The average molecular weight is 206 g/mol. The number of nitrogens with two attached hydrogens (primary N) is 1. The van der Waals surface area contributed by atoms with Crippen LogP contribution in [0, 0.1) is 17.8 Å². The van der Waals surface area contributed by atoms with Crippen LogP contribution in [0.15, 0.2) is 11.6 Å². The minimum atomic E-state index is 0.498. The summed E-state index contributed by atoms with van der Waals surface area (Å²) in [6.07, 6.45) is 12.1. The van der Waals surface area contributed by atoms with E-state index >= 15 is 0 Å². The van der Waals surface area contributed by atoms with E-state index in [4.69, 9.17) is 5.84 Å². The normalized spacial score (nSPS) is 40.9. The molecular weight excluding hydrogens is 184 g/mol. The van der Waals surface area contributed by atoms with Crippen LogP contribution in [0.25, 0.3) is 0 Å². The van der Waals surface area contributed by atoms with Gasteiger partial charge < -0.3 is 0 Å². The molecule has 15 heavy (non-hydrogen) atoms. The standard InChI is InChI=1S/C13H22N2/c14-15-13(9-4-2-1-3-5-9)12-7-10-6-11(10)8-12/h4,10-13,15H,1-3,5-8,14H2. The van der Waals surface area contributed by atoms with Gasteiger partial charge in [-0.1, -0.05) is 11.6 Å². The first-order chi connectivity index (χ1) is 7.38. The van der Waals surface area contributed by atoms with Gasteiger partial charge in [-0.3, -0.25) is 11.3 Å². The number of allylic oxidation sites excluding steroid dienone is 1. The monoisotopic (exact) mass is 206 g/mol. The smallest absolute Gasteiger partial charge is 0.0448 e. The van der Waals surface area contributed by atoms with Gasteiger partial charge in [0.1, 0.15) is 0 Å². The number of hydrogen-bond donors (Lipinski definition) is 2. The summed E-state index contributed by atoms with van der Waals surface area (Å²) < 4.78 is 0. The number of hydrazine groups is 1. The lowest BCUT2D eigenvalue weighted by Crippen LogP contribution is -2.42. The van der Waals surface area contributed by atoms with E-state index < -0.39 is 0 Å². The first-order valence-corrected chi connectivity index (χ1v) is 6.53. The molecule has 0 aromatic carbocycles. The third-order valence-electron chi connectivity index (χ3n) is 4.66. The van der Waals surface area contributed by atoms with Crippen molar-refractivity contribution < 1.29 is 0 Å². The second-order valence-corrected chi connectivity index (χ2v) is 5.66. The summed E-state index contributed by atoms with van der Waals surface area (Å²) in [4.78, 5) is 0. The SMILES string of the molecule is NNC(C1=CCCCC1)C1CC2CC2C1. The minimum absolute atomic E-state index is 0.498. The van der Waals surface area contributed by atoms with Crippen molar-refractivity contribution in [1.82, 2.24) is 5.43 Å². The van der Waals surface area contributed by atoms with Crippen LogP contribution in [0.4, 0.5) is 0 Å². The summed E-state index contributed by atoms with van der Waals surface area (Å²) in [6.45, 7) is 0. The van der Waals surface area contributed by atoms with Crippen molar-refractivity contribution >= 4 is 0 Å². The van der Waals surface area contributed by atoms with E-state index in [9.17, 15) is 0 Å². The molecule has 2 heteroatoms. The maximum absolute atomic E-state index is 5.75. The predicted octanol–water partition coefficient (Wildman–Crippen LogP) is 2.36. The molecule has 0 heterocycles. The van der Waals surface area contributed by atoms with Gasteiger partial charge in [0.05, 0.1) is 0 Å². The van der Waals surface area contributed by atoms with Crippen LogP contribution >= 0.6 is 0 Å². The van der Waals surface area contributed by atoms with Gasteiger partial charge in [0.2, 0.25) is 0 Å². The number of nitrogens with one attached hydrogen (secondary N) is 1. The van der Waals surface area contributed by atoms with Crippen LogP contribution in [0.1, 0.15) is 44.9 Å². The molecule has 3 aliphatic rings. The molecule has 0 aromatic heterocycles. The molecule has 0 bridgehead atoms. The molecule has 84 valence electrons. The lowest BCUT2D eigenvalue weighted by molar-refractivity contribution is 0.362. The minimum Gasteiger partial charge on any atom is -0.271 e. The van der Waals surface area contributed by atoms with E-state index in [2.05, 4.69) is 11.5 Å². The largest absolute Gasteiger partial charge is 0.271 e. The molecule has 3 rings (SSSR count). The summed E-state index contributed by atoms with van der Waals surface area (Å²) in [5, 5.41) is 0. The van der Waals surface area contributed by atoms with Gasteiger partial charge in [0.15, 0.2) is 0 Å².